The van der Waals surface area contributed by atoms with Crippen LogP contribution in [0.3, 0.4) is 0 Å². The van der Waals surface area contributed by atoms with Crippen LogP contribution >= 0.6 is 23.9 Å². The van der Waals surface area contributed by atoms with Crippen LogP contribution in [0.25, 0.3) is 22.0 Å². The summed E-state index contributed by atoms with van der Waals surface area (Å²) in [5, 5.41) is 10.4. The van der Waals surface area contributed by atoms with Gasteiger partial charge in [0.25, 0.3) is 0 Å². The lowest BCUT2D eigenvalue weighted by atomic mass is 10.0. The van der Waals surface area contributed by atoms with Gasteiger partial charge in [-0.25, -0.2) is 4.98 Å². The molecule has 1 saturated carbocycles. The molecule has 2 heterocycles. The number of aromatic nitrogens is 3. The topological polar surface area (TPSA) is 107 Å². The molecule has 0 aliphatic heterocycles. The van der Waals surface area contributed by atoms with E-state index in [2.05, 4.69) is 26.1 Å². The predicted molar refractivity (Wildman–Crippen MR) is 138 cm³/mol. The van der Waals surface area contributed by atoms with Crippen LogP contribution in [0, 0.1) is 0 Å². The second-order valence-electron chi connectivity index (χ2n) is 7.77. The van der Waals surface area contributed by atoms with Crippen molar-refractivity contribution in [2.24, 2.45) is 5.14 Å². The van der Waals surface area contributed by atoms with Gasteiger partial charge in [0, 0.05) is 34.4 Å². The van der Waals surface area contributed by atoms with Crippen LogP contribution in [-0.2, 0) is 0 Å². The molecule has 2 aromatic carbocycles. The highest BCUT2D eigenvalue weighted by atomic mass is 32.2. The molecule has 34 heavy (non-hydrogen) atoms. The van der Waals surface area contributed by atoms with E-state index in [0.29, 0.717) is 11.9 Å². The molecule has 4 N–H and O–H groups in total. The van der Waals surface area contributed by atoms with Gasteiger partial charge in [0.15, 0.2) is 0 Å². The molecule has 174 valence electrons. The minimum absolute atomic E-state index is 0.258. The normalized spacial score (nSPS) is 13.1. The maximum atomic E-state index is 5.77. The van der Waals surface area contributed by atoms with E-state index in [-0.39, 0.29) is 6.01 Å². The molecule has 0 radical (unpaired) electrons. The first kappa shape index (κ1) is 22.7. The molecule has 5 rings (SSSR count). The molecule has 2 aromatic heterocycles. The lowest BCUT2D eigenvalue weighted by Crippen LogP contribution is -2.06. The number of ether oxygens (including phenoxy) is 2. The van der Waals surface area contributed by atoms with Gasteiger partial charge in [0.05, 0.1) is 35.9 Å². The summed E-state index contributed by atoms with van der Waals surface area (Å²) >= 11 is 2.84. The Morgan fingerprint density at radius 2 is 1.91 bits per heavy atom. The maximum Gasteiger partial charge on any atom is 0.319 e. The number of rotatable bonds is 9. The van der Waals surface area contributed by atoms with Crippen LogP contribution in [0.5, 0.6) is 11.9 Å². The summed E-state index contributed by atoms with van der Waals surface area (Å²) in [5.41, 5.74) is 4.47. The fourth-order valence-corrected chi connectivity index (χ4v) is 4.74. The van der Waals surface area contributed by atoms with Crippen LogP contribution in [-0.4, -0.2) is 35.2 Å². The molecular formula is C24H24N6O2S2. The molecule has 1 aliphatic carbocycles. The van der Waals surface area contributed by atoms with E-state index in [1.807, 2.05) is 42.6 Å². The lowest BCUT2D eigenvalue weighted by Gasteiger charge is -2.16. The van der Waals surface area contributed by atoms with E-state index in [4.69, 9.17) is 19.6 Å². The van der Waals surface area contributed by atoms with Gasteiger partial charge in [0.1, 0.15) is 0 Å². The molecule has 0 spiro atoms. The van der Waals surface area contributed by atoms with Crippen molar-refractivity contribution < 1.29 is 9.47 Å². The van der Waals surface area contributed by atoms with E-state index < -0.39 is 0 Å². The summed E-state index contributed by atoms with van der Waals surface area (Å²) in [6.45, 7) is 0. The number of hydrogen-bond donors (Lipinski definition) is 3. The first-order valence-corrected chi connectivity index (χ1v) is 12.4. The highest BCUT2D eigenvalue weighted by Gasteiger charge is 2.22. The molecule has 8 nitrogen and oxygen atoms in total. The number of benzene rings is 2. The SMILES string of the molecule is COc1ncc(-c2ccc3c(Nc4cccc(SN)c4)c(SNC4CC4)cnc3c2)c(OC)n1. The quantitative estimate of drug-likeness (QED) is 0.271. The Hall–Kier alpha value is -3.05. The minimum Gasteiger partial charge on any atom is -0.480 e. The van der Waals surface area contributed by atoms with Gasteiger partial charge >= 0.3 is 6.01 Å². The van der Waals surface area contributed by atoms with Crippen molar-refractivity contribution in [2.75, 3.05) is 19.5 Å². The molecule has 0 atom stereocenters. The number of nitrogens with two attached hydrogens (primary N) is 1. The van der Waals surface area contributed by atoms with Crippen LogP contribution in [0.2, 0.25) is 0 Å². The third kappa shape index (κ3) is 4.90. The third-order valence-corrected chi connectivity index (χ3v) is 6.91. The van der Waals surface area contributed by atoms with Gasteiger partial charge in [-0.3, -0.25) is 14.8 Å². The van der Waals surface area contributed by atoms with Crippen LogP contribution < -0.4 is 24.7 Å². The fraction of sp³-hybridized carbons (Fsp3) is 0.208. The van der Waals surface area contributed by atoms with E-state index >= 15 is 0 Å². The minimum atomic E-state index is 0.258. The standard InChI is InChI=1S/C24H24N6O2S2/c1-31-23-19(12-27-24(29-23)32-2)14-6-9-18-20(10-14)26-13-21(34-30-15-7-8-15)22(18)28-16-4-3-5-17(11-16)33-25/h3-6,9-13,15,30H,7-8,25H2,1-2H3,(H,26,28). The van der Waals surface area contributed by atoms with E-state index in [0.717, 1.165) is 43.2 Å². The second kappa shape index (κ2) is 10.1. The van der Waals surface area contributed by atoms with Crippen molar-refractivity contribution in [1.29, 1.82) is 0 Å². The Morgan fingerprint density at radius 1 is 1.03 bits per heavy atom. The molecule has 10 heteroatoms. The third-order valence-electron chi connectivity index (χ3n) is 5.41. The van der Waals surface area contributed by atoms with Crippen molar-refractivity contribution in [3.05, 3.63) is 54.9 Å². The summed E-state index contributed by atoms with van der Waals surface area (Å²) in [6, 6.07) is 15.0. The second-order valence-corrected chi connectivity index (χ2v) is 9.36. The van der Waals surface area contributed by atoms with E-state index in [1.165, 1.54) is 31.9 Å². The average Bonchev–Trinajstić information content (AvgIpc) is 3.72. The Balaban J connectivity index is 1.57. The Labute approximate surface area is 206 Å². The van der Waals surface area contributed by atoms with Gasteiger partial charge in [-0.2, -0.15) is 4.98 Å². The summed E-state index contributed by atoms with van der Waals surface area (Å²) in [4.78, 5) is 15.3. The first-order chi connectivity index (χ1) is 16.7. The molecular weight excluding hydrogens is 468 g/mol. The van der Waals surface area contributed by atoms with Crippen molar-refractivity contribution in [3.8, 4) is 23.0 Å². The Morgan fingerprint density at radius 3 is 2.68 bits per heavy atom. The maximum absolute atomic E-state index is 5.77. The number of nitrogens with zero attached hydrogens (tertiary/aromatic N) is 3. The van der Waals surface area contributed by atoms with E-state index in [1.54, 1.807) is 25.3 Å². The smallest absolute Gasteiger partial charge is 0.319 e. The lowest BCUT2D eigenvalue weighted by molar-refractivity contribution is 0.353. The van der Waals surface area contributed by atoms with Crippen LogP contribution in [0.4, 0.5) is 11.4 Å². The van der Waals surface area contributed by atoms with Gasteiger partial charge in [-0.05, 0) is 66.6 Å². The van der Waals surface area contributed by atoms with Crippen LogP contribution in [0.15, 0.2) is 64.6 Å². The number of fused-ring (bicyclic) bond motifs is 1. The fourth-order valence-electron chi connectivity index (χ4n) is 3.49. The number of nitrogens with one attached hydrogen (secondary N) is 2. The van der Waals surface area contributed by atoms with Crippen molar-refractivity contribution in [3.63, 3.8) is 0 Å². The summed E-state index contributed by atoms with van der Waals surface area (Å²) in [5.74, 6) is 0.446. The molecule has 1 fully saturated rings. The number of pyridine rings is 1. The molecule has 4 aromatic rings. The predicted octanol–water partition coefficient (Wildman–Crippen LogP) is 5.18. The summed E-state index contributed by atoms with van der Waals surface area (Å²) < 4.78 is 14.1. The number of hydrogen-bond acceptors (Lipinski definition) is 10. The van der Waals surface area contributed by atoms with Crippen molar-refractivity contribution in [1.82, 2.24) is 19.7 Å². The first-order valence-electron chi connectivity index (χ1n) is 10.7. The number of methoxy groups -OCH3 is 2. The zero-order chi connectivity index (χ0) is 23.5. The summed E-state index contributed by atoms with van der Waals surface area (Å²) in [7, 11) is 3.11. The molecule has 1 aliphatic rings. The Kier molecular flexibility index (Phi) is 6.73. The molecule has 0 bridgehead atoms. The average molecular weight is 493 g/mol. The largest absolute Gasteiger partial charge is 0.480 e. The van der Waals surface area contributed by atoms with Crippen molar-refractivity contribution in [2.45, 2.75) is 28.7 Å². The number of anilines is 2. The van der Waals surface area contributed by atoms with Gasteiger partial charge in [-0.15, -0.1) is 0 Å². The molecule has 0 unspecified atom stereocenters. The monoisotopic (exact) mass is 492 g/mol. The van der Waals surface area contributed by atoms with Gasteiger partial charge in [-0.1, -0.05) is 18.2 Å². The zero-order valence-corrected chi connectivity index (χ0v) is 20.4. The highest BCUT2D eigenvalue weighted by molar-refractivity contribution is 7.97. The molecule has 0 amide bonds. The van der Waals surface area contributed by atoms with E-state index in [9.17, 15) is 0 Å². The molecule has 0 saturated heterocycles. The highest BCUT2D eigenvalue weighted by Crippen LogP contribution is 2.38. The summed E-state index contributed by atoms with van der Waals surface area (Å²) in [6.07, 6.45) is 6.02. The zero-order valence-electron chi connectivity index (χ0n) is 18.7. The van der Waals surface area contributed by atoms with Gasteiger partial charge < -0.3 is 14.8 Å². The van der Waals surface area contributed by atoms with Crippen molar-refractivity contribution >= 4 is 46.2 Å². The van der Waals surface area contributed by atoms with Crippen LogP contribution in [0.1, 0.15) is 12.8 Å². The van der Waals surface area contributed by atoms with Gasteiger partial charge in [0.2, 0.25) is 5.88 Å². The Bertz CT molecular complexity index is 1330.